The molecule has 2 amide bonds. The van der Waals surface area contributed by atoms with Gasteiger partial charge in [-0.1, -0.05) is 85.1 Å². The number of amides is 2. The summed E-state index contributed by atoms with van der Waals surface area (Å²) in [5.74, 6) is -0.666. The molecule has 0 spiro atoms. The van der Waals surface area contributed by atoms with E-state index in [1.165, 1.54) is 14.1 Å². The van der Waals surface area contributed by atoms with Crippen molar-refractivity contribution in [3.05, 3.63) is 101 Å². The normalized spacial score (nSPS) is 14.5. The number of rotatable bonds is 12. The lowest BCUT2D eigenvalue weighted by Crippen LogP contribution is -2.55. The van der Waals surface area contributed by atoms with Gasteiger partial charge in [0.2, 0.25) is 11.8 Å². The first kappa shape index (κ1) is 32.2. The molecule has 0 aromatic heterocycles. The monoisotopic (exact) mass is 604 g/mol. The molecule has 3 aromatic carbocycles. The molecule has 43 heavy (non-hydrogen) atoms. The smallest absolute Gasteiger partial charge is 0.304 e. The van der Waals surface area contributed by atoms with E-state index in [-0.39, 0.29) is 18.5 Å². The van der Waals surface area contributed by atoms with Crippen LogP contribution in [0.5, 0.6) is 0 Å². The Hall–Kier alpha value is -3.69. The molecule has 3 aromatic rings. The van der Waals surface area contributed by atoms with Crippen molar-refractivity contribution in [2.75, 3.05) is 24.9 Å². The molecule has 0 unspecified atom stereocenters. The molecular weight excluding hydrogens is 560 g/mol. The van der Waals surface area contributed by atoms with Crippen LogP contribution in [-0.2, 0) is 32.8 Å². The molecule has 1 atom stereocenters. The predicted octanol–water partition coefficient (Wildman–Crippen LogP) is 4.92. The van der Waals surface area contributed by atoms with Gasteiger partial charge in [0.25, 0.3) is 0 Å². The zero-order valence-electron chi connectivity index (χ0n) is 25.9. The van der Waals surface area contributed by atoms with Crippen molar-refractivity contribution >= 4 is 27.7 Å². The van der Waals surface area contributed by atoms with E-state index in [1.807, 2.05) is 87.5 Å². The van der Waals surface area contributed by atoms with Crippen molar-refractivity contribution in [1.82, 2.24) is 14.5 Å². The van der Waals surface area contributed by atoms with E-state index >= 15 is 0 Å². The number of carbonyl (C=O) groups excluding carboxylic acids is 2. The first-order valence-electron chi connectivity index (χ1n) is 14.9. The Balaban J connectivity index is 1.78. The Morgan fingerprint density at radius 1 is 0.860 bits per heavy atom. The number of carbonyl (C=O) groups is 2. The molecule has 230 valence electrons. The highest BCUT2D eigenvalue weighted by atomic mass is 32.2. The summed E-state index contributed by atoms with van der Waals surface area (Å²) in [6.07, 6.45) is 4.26. The van der Waals surface area contributed by atoms with Gasteiger partial charge in [0, 0.05) is 33.1 Å². The Bertz CT molecular complexity index is 1520. The SMILES string of the molecule is Cc1cccc(CN(C(=O)CN(c2cc(C)ccc2C)S(=O)(=O)N(C)C)[C@H](Cc2ccccc2)C(=O)NC2CCCC2)c1. The number of benzene rings is 3. The number of anilines is 1. The summed E-state index contributed by atoms with van der Waals surface area (Å²) in [6, 6.07) is 22.3. The summed E-state index contributed by atoms with van der Waals surface area (Å²) >= 11 is 0. The van der Waals surface area contributed by atoms with Crippen LogP contribution in [-0.4, -0.2) is 62.2 Å². The second-order valence-electron chi connectivity index (χ2n) is 11.8. The maximum Gasteiger partial charge on any atom is 0.304 e. The van der Waals surface area contributed by atoms with E-state index in [1.54, 1.807) is 11.0 Å². The van der Waals surface area contributed by atoms with Crippen LogP contribution < -0.4 is 9.62 Å². The fourth-order valence-electron chi connectivity index (χ4n) is 5.62. The summed E-state index contributed by atoms with van der Waals surface area (Å²) in [5, 5.41) is 3.21. The van der Waals surface area contributed by atoms with Crippen LogP contribution in [0.15, 0.2) is 72.8 Å². The van der Waals surface area contributed by atoms with Crippen molar-refractivity contribution in [3.8, 4) is 0 Å². The van der Waals surface area contributed by atoms with Crippen molar-refractivity contribution in [1.29, 1.82) is 0 Å². The lowest BCUT2D eigenvalue weighted by Gasteiger charge is -2.35. The van der Waals surface area contributed by atoms with Gasteiger partial charge in [-0.2, -0.15) is 12.7 Å². The maximum absolute atomic E-state index is 14.5. The van der Waals surface area contributed by atoms with Crippen molar-refractivity contribution in [2.45, 2.75) is 71.5 Å². The van der Waals surface area contributed by atoms with Gasteiger partial charge in [-0.25, -0.2) is 4.31 Å². The van der Waals surface area contributed by atoms with E-state index in [4.69, 9.17) is 0 Å². The van der Waals surface area contributed by atoms with E-state index in [2.05, 4.69) is 5.32 Å². The van der Waals surface area contributed by atoms with Gasteiger partial charge in [0.1, 0.15) is 12.6 Å². The number of nitrogens with one attached hydrogen (secondary N) is 1. The fraction of sp³-hybridized carbons (Fsp3) is 0.412. The quantitative estimate of drug-likeness (QED) is 0.318. The van der Waals surface area contributed by atoms with Gasteiger partial charge in [0.05, 0.1) is 5.69 Å². The average molecular weight is 605 g/mol. The average Bonchev–Trinajstić information content (AvgIpc) is 3.48. The van der Waals surface area contributed by atoms with Crippen LogP contribution in [0.1, 0.15) is 53.5 Å². The van der Waals surface area contributed by atoms with Gasteiger partial charge < -0.3 is 10.2 Å². The van der Waals surface area contributed by atoms with Gasteiger partial charge in [0.15, 0.2) is 0 Å². The molecule has 0 heterocycles. The molecule has 0 aliphatic heterocycles. The second-order valence-corrected chi connectivity index (χ2v) is 13.9. The summed E-state index contributed by atoms with van der Waals surface area (Å²) < 4.78 is 29.6. The third kappa shape index (κ3) is 8.24. The molecule has 0 radical (unpaired) electrons. The zero-order valence-corrected chi connectivity index (χ0v) is 26.7. The highest BCUT2D eigenvalue weighted by Gasteiger charge is 2.36. The molecule has 1 N–H and O–H groups in total. The number of hydrogen-bond acceptors (Lipinski definition) is 4. The van der Waals surface area contributed by atoms with Gasteiger partial charge in [-0.05, 0) is 61.9 Å². The van der Waals surface area contributed by atoms with Crippen LogP contribution in [0.3, 0.4) is 0 Å². The van der Waals surface area contributed by atoms with E-state index in [9.17, 15) is 18.0 Å². The fourth-order valence-corrected chi connectivity index (χ4v) is 6.73. The Labute approximate surface area is 256 Å². The van der Waals surface area contributed by atoms with Crippen molar-refractivity contribution in [2.24, 2.45) is 0 Å². The highest BCUT2D eigenvalue weighted by Crippen LogP contribution is 2.27. The number of aryl methyl sites for hydroxylation is 3. The Morgan fingerprint density at radius 3 is 2.16 bits per heavy atom. The topological polar surface area (TPSA) is 90.0 Å². The minimum absolute atomic E-state index is 0.0715. The zero-order chi connectivity index (χ0) is 31.1. The Morgan fingerprint density at radius 2 is 1.51 bits per heavy atom. The summed E-state index contributed by atoms with van der Waals surface area (Å²) in [6.45, 7) is 5.42. The third-order valence-electron chi connectivity index (χ3n) is 8.06. The highest BCUT2D eigenvalue weighted by molar-refractivity contribution is 7.90. The third-order valence-corrected chi connectivity index (χ3v) is 9.87. The van der Waals surface area contributed by atoms with Gasteiger partial charge >= 0.3 is 10.2 Å². The summed E-state index contributed by atoms with van der Waals surface area (Å²) in [7, 11) is -1.14. The molecule has 8 nitrogen and oxygen atoms in total. The molecule has 1 saturated carbocycles. The van der Waals surface area contributed by atoms with Crippen LogP contribution in [0.4, 0.5) is 5.69 Å². The lowest BCUT2D eigenvalue weighted by atomic mass is 10.0. The Kier molecular flexibility index (Phi) is 10.6. The number of hydrogen-bond donors (Lipinski definition) is 1. The van der Waals surface area contributed by atoms with E-state index < -0.39 is 28.7 Å². The van der Waals surface area contributed by atoms with Crippen molar-refractivity contribution in [3.63, 3.8) is 0 Å². The minimum Gasteiger partial charge on any atom is -0.352 e. The summed E-state index contributed by atoms with van der Waals surface area (Å²) in [4.78, 5) is 30.1. The molecular formula is C34H44N4O4S. The largest absolute Gasteiger partial charge is 0.352 e. The van der Waals surface area contributed by atoms with Crippen LogP contribution >= 0.6 is 0 Å². The van der Waals surface area contributed by atoms with E-state index in [0.717, 1.165) is 62.1 Å². The molecule has 1 fully saturated rings. The van der Waals surface area contributed by atoms with Crippen molar-refractivity contribution < 1.29 is 18.0 Å². The molecule has 0 saturated heterocycles. The first-order chi connectivity index (χ1) is 20.5. The molecule has 1 aliphatic carbocycles. The van der Waals surface area contributed by atoms with Crippen LogP contribution in [0.2, 0.25) is 0 Å². The van der Waals surface area contributed by atoms with Crippen LogP contribution in [0.25, 0.3) is 0 Å². The maximum atomic E-state index is 14.5. The first-order valence-corrected chi connectivity index (χ1v) is 16.3. The van der Waals surface area contributed by atoms with Gasteiger partial charge in [-0.15, -0.1) is 0 Å². The van der Waals surface area contributed by atoms with Crippen LogP contribution in [0, 0.1) is 20.8 Å². The van der Waals surface area contributed by atoms with Gasteiger partial charge in [-0.3, -0.25) is 9.59 Å². The second kappa shape index (κ2) is 14.2. The minimum atomic E-state index is -4.04. The molecule has 0 bridgehead atoms. The molecule has 9 heteroatoms. The summed E-state index contributed by atoms with van der Waals surface area (Å²) in [5.41, 5.74) is 4.87. The number of nitrogens with zero attached hydrogens (tertiary/aromatic N) is 3. The molecule has 4 rings (SSSR count). The predicted molar refractivity (Wildman–Crippen MR) is 172 cm³/mol. The lowest BCUT2D eigenvalue weighted by molar-refractivity contribution is -0.140. The van der Waals surface area contributed by atoms with E-state index in [0.29, 0.717) is 12.1 Å². The standard InChI is InChI=1S/C34H44N4O4S/c1-25-12-11-15-29(20-25)23-37(32(22-28-13-7-6-8-14-28)34(40)35-30-16-9-10-17-30)33(39)24-38(43(41,42)36(4)5)31-21-26(2)18-19-27(31)3/h6-8,11-15,18-21,30,32H,9-10,16-17,22-24H2,1-5H3,(H,35,40)/t32-/m1/s1. The molecule has 1 aliphatic rings.